The lowest BCUT2D eigenvalue weighted by Gasteiger charge is -2.23. The minimum atomic E-state index is -0.108. The van der Waals surface area contributed by atoms with Crippen molar-refractivity contribution in [2.75, 3.05) is 21.2 Å². The second-order valence-electron chi connectivity index (χ2n) is 3.52. The summed E-state index contributed by atoms with van der Waals surface area (Å²) in [6, 6.07) is 0.504. The third-order valence-electron chi connectivity index (χ3n) is 2.26. The number of nitrogens with zero attached hydrogens (tertiary/aromatic N) is 1. The zero-order chi connectivity index (χ0) is 10.3. The number of ether oxygens (including phenoxy) is 1. The highest BCUT2D eigenvalue weighted by Crippen LogP contribution is 2.10. The van der Waals surface area contributed by atoms with Crippen LogP contribution in [0.5, 0.6) is 0 Å². The zero-order valence-corrected chi connectivity index (χ0v) is 9.17. The molecule has 0 saturated carbocycles. The first-order valence-electron chi connectivity index (χ1n) is 4.85. The summed E-state index contributed by atoms with van der Waals surface area (Å²) >= 11 is 0. The van der Waals surface area contributed by atoms with Crippen molar-refractivity contribution >= 4 is 5.97 Å². The second-order valence-corrected chi connectivity index (χ2v) is 3.52. The van der Waals surface area contributed by atoms with Gasteiger partial charge in [0.15, 0.2) is 0 Å². The van der Waals surface area contributed by atoms with Crippen LogP contribution in [0.25, 0.3) is 0 Å². The molecule has 0 aromatic rings. The molecule has 0 heterocycles. The van der Waals surface area contributed by atoms with E-state index in [0.29, 0.717) is 12.5 Å². The van der Waals surface area contributed by atoms with Gasteiger partial charge in [-0.1, -0.05) is 13.3 Å². The molecule has 0 aliphatic rings. The van der Waals surface area contributed by atoms with Crippen LogP contribution in [0.2, 0.25) is 0 Å². The van der Waals surface area contributed by atoms with Gasteiger partial charge in [0.05, 0.1) is 7.11 Å². The quantitative estimate of drug-likeness (QED) is 0.592. The van der Waals surface area contributed by atoms with Crippen LogP contribution in [0.15, 0.2) is 0 Å². The molecule has 0 fully saturated rings. The molecule has 13 heavy (non-hydrogen) atoms. The van der Waals surface area contributed by atoms with Crippen LogP contribution < -0.4 is 0 Å². The summed E-state index contributed by atoms with van der Waals surface area (Å²) in [5.41, 5.74) is 0. The topological polar surface area (TPSA) is 29.5 Å². The van der Waals surface area contributed by atoms with E-state index in [9.17, 15) is 4.79 Å². The lowest BCUT2D eigenvalue weighted by atomic mass is 10.1. The molecule has 0 aliphatic carbocycles. The predicted octanol–water partition coefficient (Wildman–Crippen LogP) is 1.67. The number of carbonyl (C=O) groups is 1. The summed E-state index contributed by atoms with van der Waals surface area (Å²) in [6.07, 6.45) is 3.72. The van der Waals surface area contributed by atoms with Gasteiger partial charge in [0.1, 0.15) is 0 Å². The Kier molecular flexibility index (Phi) is 6.59. The maximum atomic E-state index is 10.9. The first-order valence-corrected chi connectivity index (χ1v) is 4.85. The molecule has 0 N–H and O–H groups in total. The monoisotopic (exact) mass is 187 g/mol. The Balaban J connectivity index is 3.75. The van der Waals surface area contributed by atoms with Crippen molar-refractivity contribution in [3.05, 3.63) is 0 Å². The van der Waals surface area contributed by atoms with Gasteiger partial charge in [-0.05, 0) is 26.9 Å². The van der Waals surface area contributed by atoms with Crippen LogP contribution >= 0.6 is 0 Å². The fourth-order valence-corrected chi connectivity index (χ4v) is 1.38. The summed E-state index contributed by atoms with van der Waals surface area (Å²) in [7, 11) is 5.54. The molecule has 0 rings (SSSR count). The lowest BCUT2D eigenvalue weighted by Crippen LogP contribution is -2.28. The van der Waals surface area contributed by atoms with Gasteiger partial charge in [-0.25, -0.2) is 0 Å². The Labute approximate surface area is 81.1 Å². The predicted molar refractivity (Wildman–Crippen MR) is 53.6 cm³/mol. The normalized spacial score (nSPS) is 13.0. The average molecular weight is 187 g/mol. The molecule has 3 nitrogen and oxygen atoms in total. The molecule has 0 aromatic heterocycles. The molecule has 0 radical (unpaired) electrons. The van der Waals surface area contributed by atoms with E-state index in [1.54, 1.807) is 0 Å². The van der Waals surface area contributed by atoms with Crippen LogP contribution in [0.3, 0.4) is 0 Å². The Morgan fingerprint density at radius 2 is 2.00 bits per heavy atom. The molecule has 1 atom stereocenters. The van der Waals surface area contributed by atoms with Crippen LogP contribution in [0, 0.1) is 0 Å². The van der Waals surface area contributed by atoms with Crippen molar-refractivity contribution in [1.29, 1.82) is 0 Å². The number of methoxy groups -OCH3 is 1. The van der Waals surface area contributed by atoms with Crippen molar-refractivity contribution in [2.45, 2.75) is 38.6 Å². The van der Waals surface area contributed by atoms with Crippen molar-refractivity contribution in [3.63, 3.8) is 0 Å². The van der Waals surface area contributed by atoms with E-state index in [-0.39, 0.29) is 5.97 Å². The number of rotatable bonds is 6. The molecule has 3 heteroatoms. The summed E-state index contributed by atoms with van der Waals surface area (Å²) in [5.74, 6) is -0.108. The van der Waals surface area contributed by atoms with Crippen LogP contribution in [-0.4, -0.2) is 38.1 Å². The molecular formula is C10H21NO2. The third kappa shape index (κ3) is 5.64. The lowest BCUT2D eigenvalue weighted by molar-refractivity contribution is -0.141. The van der Waals surface area contributed by atoms with Crippen molar-refractivity contribution in [1.82, 2.24) is 4.90 Å². The van der Waals surface area contributed by atoms with Crippen molar-refractivity contribution in [2.24, 2.45) is 0 Å². The highest BCUT2D eigenvalue weighted by Gasteiger charge is 2.12. The molecule has 0 saturated heterocycles. The number of hydrogen-bond donors (Lipinski definition) is 0. The van der Waals surface area contributed by atoms with Gasteiger partial charge >= 0.3 is 5.97 Å². The van der Waals surface area contributed by atoms with E-state index >= 15 is 0 Å². The minimum Gasteiger partial charge on any atom is -0.469 e. The molecule has 0 bridgehead atoms. The van der Waals surface area contributed by atoms with Gasteiger partial charge in [-0.3, -0.25) is 4.79 Å². The highest BCUT2D eigenvalue weighted by atomic mass is 16.5. The maximum Gasteiger partial charge on any atom is 0.305 e. The second kappa shape index (κ2) is 6.89. The molecule has 0 spiro atoms. The standard InChI is InChI=1S/C10H21NO2/c1-5-6-9(11(2)3)7-8-10(12)13-4/h9H,5-8H2,1-4H3. The fraction of sp³-hybridized carbons (Fsp3) is 0.900. The smallest absolute Gasteiger partial charge is 0.305 e. The first kappa shape index (κ1) is 12.4. The van der Waals surface area contributed by atoms with E-state index in [1.807, 2.05) is 0 Å². The number of hydrogen-bond acceptors (Lipinski definition) is 3. The molecular weight excluding hydrogens is 166 g/mol. The van der Waals surface area contributed by atoms with E-state index in [1.165, 1.54) is 7.11 Å². The summed E-state index contributed by atoms with van der Waals surface area (Å²) < 4.78 is 4.60. The van der Waals surface area contributed by atoms with Crippen molar-refractivity contribution < 1.29 is 9.53 Å². The van der Waals surface area contributed by atoms with E-state index in [2.05, 4.69) is 30.7 Å². The molecule has 0 amide bonds. The third-order valence-corrected chi connectivity index (χ3v) is 2.26. The average Bonchev–Trinajstić information content (AvgIpc) is 2.11. The summed E-state index contributed by atoms with van der Waals surface area (Å²) in [5, 5.41) is 0. The van der Waals surface area contributed by atoms with Crippen LogP contribution in [-0.2, 0) is 9.53 Å². The number of esters is 1. The first-order chi connectivity index (χ1) is 6.11. The molecule has 0 aromatic carbocycles. The van der Waals surface area contributed by atoms with E-state index in [0.717, 1.165) is 19.3 Å². The zero-order valence-electron chi connectivity index (χ0n) is 9.17. The number of carbonyl (C=O) groups excluding carboxylic acids is 1. The highest BCUT2D eigenvalue weighted by molar-refractivity contribution is 5.69. The van der Waals surface area contributed by atoms with E-state index in [4.69, 9.17) is 0 Å². The summed E-state index contributed by atoms with van der Waals surface area (Å²) in [4.78, 5) is 13.1. The Hall–Kier alpha value is -0.570. The SMILES string of the molecule is CCCC(CCC(=O)OC)N(C)C. The Morgan fingerprint density at radius 3 is 2.38 bits per heavy atom. The minimum absolute atomic E-state index is 0.108. The molecule has 78 valence electrons. The van der Waals surface area contributed by atoms with Gasteiger partial charge in [-0.2, -0.15) is 0 Å². The van der Waals surface area contributed by atoms with Gasteiger partial charge in [-0.15, -0.1) is 0 Å². The Morgan fingerprint density at radius 1 is 1.38 bits per heavy atom. The molecule has 0 aliphatic heterocycles. The van der Waals surface area contributed by atoms with Crippen LogP contribution in [0.4, 0.5) is 0 Å². The van der Waals surface area contributed by atoms with E-state index < -0.39 is 0 Å². The van der Waals surface area contributed by atoms with Crippen molar-refractivity contribution in [3.8, 4) is 0 Å². The largest absolute Gasteiger partial charge is 0.469 e. The fourth-order valence-electron chi connectivity index (χ4n) is 1.38. The van der Waals surface area contributed by atoms with Gasteiger partial charge in [0, 0.05) is 12.5 Å². The maximum absolute atomic E-state index is 10.9. The van der Waals surface area contributed by atoms with Gasteiger partial charge in [0.25, 0.3) is 0 Å². The Bertz CT molecular complexity index is 146. The van der Waals surface area contributed by atoms with Gasteiger partial charge < -0.3 is 9.64 Å². The van der Waals surface area contributed by atoms with Crippen LogP contribution in [0.1, 0.15) is 32.6 Å². The molecule has 1 unspecified atom stereocenters. The summed E-state index contributed by atoms with van der Waals surface area (Å²) in [6.45, 7) is 2.16. The van der Waals surface area contributed by atoms with Gasteiger partial charge in [0.2, 0.25) is 0 Å².